The molecule has 0 aliphatic heterocycles. The van der Waals surface area contributed by atoms with E-state index in [2.05, 4.69) is 20.1 Å². The molecule has 0 amide bonds. The molecule has 17 heavy (non-hydrogen) atoms. The van der Waals surface area contributed by atoms with Gasteiger partial charge in [0.05, 0.1) is 0 Å². The van der Waals surface area contributed by atoms with Crippen LogP contribution >= 0.6 is 0 Å². The first-order valence-corrected chi connectivity index (χ1v) is 9.35. The van der Waals surface area contributed by atoms with Crippen LogP contribution in [0.2, 0.25) is 4.73 Å². The fourth-order valence-corrected chi connectivity index (χ4v) is 2.60. The Hall–Kier alpha value is 0.0543. The quantitative estimate of drug-likeness (QED) is 0.286. The Bertz CT molecular complexity index is 192. The van der Waals surface area contributed by atoms with Crippen molar-refractivity contribution in [2.24, 2.45) is 0 Å². The van der Waals surface area contributed by atoms with Gasteiger partial charge < -0.3 is 0 Å². The van der Waals surface area contributed by atoms with Crippen molar-refractivity contribution < 1.29 is 24.5 Å². The Kier molecular flexibility index (Phi) is 21.0. The van der Waals surface area contributed by atoms with Crippen LogP contribution in [0.5, 0.6) is 0 Å². The fraction of sp³-hybridized carbons (Fsp3) is 0.857. The summed E-state index contributed by atoms with van der Waals surface area (Å²) in [4.78, 5) is 0. The van der Waals surface area contributed by atoms with Crippen LogP contribution in [0, 0.1) is 0 Å². The summed E-state index contributed by atoms with van der Waals surface area (Å²) < 4.78 is 21.2. The van der Waals surface area contributed by atoms with E-state index in [9.17, 15) is 6.65 Å². The Morgan fingerprint density at radius 1 is 0.706 bits per heavy atom. The van der Waals surface area contributed by atoms with Crippen molar-refractivity contribution in [1.29, 1.82) is 0 Å². The van der Waals surface area contributed by atoms with Gasteiger partial charge in [-0.05, 0) is 0 Å². The maximum atomic E-state index is 10.4. The first kappa shape index (κ1) is 19.4. The van der Waals surface area contributed by atoms with E-state index in [1.54, 1.807) is 0 Å². The van der Waals surface area contributed by atoms with E-state index < -0.39 is 17.8 Å². The Labute approximate surface area is 113 Å². The van der Waals surface area contributed by atoms with E-state index in [0.717, 1.165) is 12.8 Å². The zero-order chi connectivity index (χ0) is 13.4. The average Bonchev–Trinajstić information content (AvgIpc) is 2.34. The third-order valence-corrected chi connectivity index (χ3v) is 3.92. The number of hydrogen-bond donors (Lipinski definition) is 0. The van der Waals surface area contributed by atoms with E-state index >= 15 is 0 Å². The molecule has 3 heteroatoms. The van der Waals surface area contributed by atoms with Crippen LogP contribution in [0.15, 0.2) is 13.2 Å². The molecule has 0 spiro atoms. The van der Waals surface area contributed by atoms with Crippen LogP contribution in [0.4, 0.5) is 0 Å². The Morgan fingerprint density at radius 3 is 1.41 bits per heavy atom. The fourth-order valence-electron chi connectivity index (χ4n) is 1.76. The van der Waals surface area contributed by atoms with Gasteiger partial charge in [-0.3, -0.25) is 0 Å². The molecular weight excluding hydrogens is 248 g/mol. The predicted molar refractivity (Wildman–Crippen MR) is 69.3 cm³/mol. The molecule has 0 aromatic heterocycles. The van der Waals surface area contributed by atoms with Gasteiger partial charge in [0, 0.05) is 0 Å². The zero-order valence-corrected chi connectivity index (χ0v) is 13.1. The first-order valence-electron chi connectivity index (χ1n) is 6.97. The van der Waals surface area contributed by atoms with Crippen molar-refractivity contribution in [2.75, 3.05) is 0 Å². The molecule has 0 aliphatic carbocycles. The van der Waals surface area contributed by atoms with Gasteiger partial charge in [-0.1, -0.05) is 0 Å². The number of hydrogen-bond acceptors (Lipinski definition) is 2. The molecule has 0 saturated carbocycles. The first-order chi connectivity index (χ1) is 8.27. The van der Waals surface area contributed by atoms with Gasteiger partial charge in [0.1, 0.15) is 0 Å². The zero-order valence-electron chi connectivity index (χ0n) is 11.5. The molecule has 2 nitrogen and oxygen atoms in total. The van der Waals surface area contributed by atoms with Crippen LogP contribution in [0.25, 0.3) is 0 Å². The van der Waals surface area contributed by atoms with Gasteiger partial charge in [0.15, 0.2) is 0 Å². The summed E-state index contributed by atoms with van der Waals surface area (Å²) >= 11 is -2.98. The third-order valence-electron chi connectivity index (χ3n) is 2.73. The molecule has 0 bridgehead atoms. The van der Waals surface area contributed by atoms with Crippen molar-refractivity contribution in [1.82, 2.24) is 0 Å². The minimum absolute atomic E-state index is 0.483. The molecule has 0 aliphatic rings. The molecule has 0 atom stereocenters. The molecule has 0 saturated heterocycles. The van der Waals surface area contributed by atoms with Gasteiger partial charge in [-0.25, -0.2) is 0 Å². The van der Waals surface area contributed by atoms with E-state index in [1.807, 2.05) is 0 Å². The second-order valence-corrected chi connectivity index (χ2v) is 6.25. The standard InChI is InChI=1S/C12H25.C2H4.2O.Ti/c1-3-5-7-9-11-12-10-8-6-4-2;1-2;;;/h1,3-12H2,2H3;1-2H2;;;. The summed E-state index contributed by atoms with van der Waals surface area (Å²) in [5, 5.41) is 0. The molecule has 0 N–H and O–H groups in total. The summed E-state index contributed by atoms with van der Waals surface area (Å²) in [5.74, 6) is 0. The van der Waals surface area contributed by atoms with Crippen LogP contribution < -0.4 is 0 Å². The van der Waals surface area contributed by atoms with Crippen molar-refractivity contribution in [3.8, 4) is 0 Å². The van der Waals surface area contributed by atoms with Crippen LogP contribution in [-0.4, -0.2) is 0 Å². The summed E-state index contributed by atoms with van der Waals surface area (Å²) in [5.41, 5.74) is 0. The molecular formula is C14H29O2Ti. The van der Waals surface area contributed by atoms with Gasteiger partial charge in [-0.2, -0.15) is 0 Å². The molecule has 0 aromatic carbocycles. The van der Waals surface area contributed by atoms with Gasteiger partial charge in [0.2, 0.25) is 0 Å². The number of rotatable bonds is 11. The monoisotopic (exact) mass is 277 g/mol. The molecule has 0 radical (unpaired) electrons. The van der Waals surface area contributed by atoms with E-state index in [4.69, 9.17) is 0 Å². The van der Waals surface area contributed by atoms with Crippen molar-refractivity contribution >= 4 is 0 Å². The van der Waals surface area contributed by atoms with Crippen LogP contribution in [0.3, 0.4) is 0 Å². The summed E-state index contributed by atoms with van der Waals surface area (Å²) in [6.45, 7) is 8.24. The minimum atomic E-state index is -2.98. The molecule has 0 rings (SSSR count). The third kappa shape index (κ3) is 21.8. The van der Waals surface area contributed by atoms with Gasteiger partial charge in [0.25, 0.3) is 0 Å². The predicted octanol–water partition coefficient (Wildman–Crippen LogP) is 5.44. The molecule has 0 unspecified atom stereocenters. The topological polar surface area (TPSA) is 34.1 Å². The van der Waals surface area contributed by atoms with Crippen LogP contribution in [0.1, 0.15) is 71.1 Å². The Balaban J connectivity index is 0. The Morgan fingerprint density at radius 2 is 1.06 bits per heavy atom. The molecule has 0 fully saturated rings. The second kappa shape index (κ2) is 18.4. The van der Waals surface area contributed by atoms with Gasteiger partial charge in [-0.15, -0.1) is 13.2 Å². The maximum absolute atomic E-state index is 10.4. The normalized spacial score (nSPS) is 9.47. The SMILES string of the molecule is C=C.CCCCCCCCCCC[CH2][Ti](=[O])=[O]. The van der Waals surface area contributed by atoms with Crippen molar-refractivity contribution in [3.63, 3.8) is 0 Å². The van der Waals surface area contributed by atoms with E-state index in [-0.39, 0.29) is 0 Å². The van der Waals surface area contributed by atoms with Crippen LogP contribution in [-0.2, 0) is 24.5 Å². The molecule has 0 aromatic rings. The molecule has 0 heterocycles. The van der Waals surface area contributed by atoms with Gasteiger partial charge >= 0.3 is 100 Å². The average molecular weight is 277 g/mol. The summed E-state index contributed by atoms with van der Waals surface area (Å²) in [6, 6.07) is 0. The van der Waals surface area contributed by atoms with E-state index in [1.165, 1.54) is 51.4 Å². The van der Waals surface area contributed by atoms with Crippen molar-refractivity contribution in [2.45, 2.75) is 75.9 Å². The summed E-state index contributed by atoms with van der Waals surface area (Å²) in [6.07, 6.45) is 12.7. The molecule has 101 valence electrons. The van der Waals surface area contributed by atoms with Crippen molar-refractivity contribution in [3.05, 3.63) is 13.2 Å². The number of unbranched alkanes of at least 4 members (excludes halogenated alkanes) is 9. The van der Waals surface area contributed by atoms with E-state index in [0.29, 0.717) is 4.73 Å². The summed E-state index contributed by atoms with van der Waals surface area (Å²) in [7, 11) is 0. The second-order valence-electron chi connectivity index (χ2n) is 4.30.